The topological polar surface area (TPSA) is 170 Å². The number of aliphatic carboxylic acids is 3. The number of likely N-dealkylation sites (N-methyl/N-ethyl adjacent to an activating group) is 1. The van der Waals surface area contributed by atoms with Gasteiger partial charge in [-0.2, -0.15) is 0 Å². The summed E-state index contributed by atoms with van der Waals surface area (Å²) in [5.74, 6) is -1.54. The molecular formula is C17H29N5O6. The van der Waals surface area contributed by atoms with Crippen molar-refractivity contribution < 1.29 is 29.7 Å². The van der Waals surface area contributed by atoms with Gasteiger partial charge in [-0.25, -0.2) is 9.97 Å². The molecule has 11 heteroatoms. The fourth-order valence-electron chi connectivity index (χ4n) is 2.41. The van der Waals surface area contributed by atoms with Crippen LogP contribution in [0.3, 0.4) is 0 Å². The maximum Gasteiger partial charge on any atom is 0.323 e. The van der Waals surface area contributed by atoms with E-state index in [-0.39, 0.29) is 6.54 Å². The van der Waals surface area contributed by atoms with Crippen molar-refractivity contribution in [3.05, 3.63) is 18.0 Å². The molecule has 158 valence electrons. The Labute approximate surface area is 163 Å². The van der Waals surface area contributed by atoms with Crippen LogP contribution in [0.5, 0.6) is 0 Å². The van der Waals surface area contributed by atoms with Gasteiger partial charge in [0.15, 0.2) is 0 Å². The molecule has 0 bridgehead atoms. The normalized spacial score (nSPS) is 15.5. The highest BCUT2D eigenvalue weighted by atomic mass is 16.4. The van der Waals surface area contributed by atoms with Crippen molar-refractivity contribution in [3.8, 4) is 0 Å². The molecule has 1 aliphatic rings. The van der Waals surface area contributed by atoms with Gasteiger partial charge < -0.3 is 26.0 Å². The number of carbonyl (C=O) groups is 3. The molecule has 1 aromatic rings. The zero-order chi connectivity index (χ0) is 21.7. The van der Waals surface area contributed by atoms with Crippen molar-refractivity contribution in [2.75, 3.05) is 38.1 Å². The number of rotatable bonds is 6. The zero-order valence-electron chi connectivity index (χ0n) is 16.4. The van der Waals surface area contributed by atoms with Gasteiger partial charge in [0.25, 0.3) is 11.9 Å². The van der Waals surface area contributed by atoms with Crippen molar-refractivity contribution in [1.29, 1.82) is 0 Å². The van der Waals surface area contributed by atoms with Crippen LogP contribution < -0.4 is 10.6 Å². The van der Waals surface area contributed by atoms with Crippen molar-refractivity contribution in [2.24, 2.45) is 11.7 Å². The SMILES string of the molecule is CC(=O)O.CC(=O)O.CN(CC(=O)O)c1ncc(CN2CCC(CN)C2)cn1. The van der Waals surface area contributed by atoms with E-state index in [1.54, 1.807) is 19.4 Å². The van der Waals surface area contributed by atoms with E-state index in [0.29, 0.717) is 11.9 Å². The van der Waals surface area contributed by atoms with Crippen molar-refractivity contribution in [2.45, 2.75) is 26.8 Å². The third-order valence-corrected chi connectivity index (χ3v) is 3.52. The van der Waals surface area contributed by atoms with Gasteiger partial charge in [0, 0.05) is 51.9 Å². The number of aromatic nitrogens is 2. The molecule has 5 N–H and O–H groups in total. The second-order valence-electron chi connectivity index (χ2n) is 6.30. The fourth-order valence-corrected chi connectivity index (χ4v) is 2.41. The van der Waals surface area contributed by atoms with E-state index >= 15 is 0 Å². The smallest absolute Gasteiger partial charge is 0.323 e. The van der Waals surface area contributed by atoms with Gasteiger partial charge in [-0.3, -0.25) is 19.3 Å². The minimum absolute atomic E-state index is 0.107. The van der Waals surface area contributed by atoms with Gasteiger partial charge in [0.1, 0.15) is 6.54 Å². The lowest BCUT2D eigenvalue weighted by molar-refractivity contribution is -0.136. The van der Waals surface area contributed by atoms with E-state index < -0.39 is 17.9 Å². The molecule has 11 nitrogen and oxygen atoms in total. The summed E-state index contributed by atoms with van der Waals surface area (Å²) in [6.07, 6.45) is 4.67. The second-order valence-corrected chi connectivity index (χ2v) is 6.30. The zero-order valence-corrected chi connectivity index (χ0v) is 16.4. The van der Waals surface area contributed by atoms with Crippen molar-refractivity contribution >= 4 is 23.9 Å². The summed E-state index contributed by atoms with van der Waals surface area (Å²) in [7, 11) is 1.66. The minimum Gasteiger partial charge on any atom is -0.481 e. The Morgan fingerprint density at radius 3 is 2.07 bits per heavy atom. The number of likely N-dealkylation sites (tertiary alicyclic amines) is 1. The minimum atomic E-state index is -0.898. The molecule has 0 spiro atoms. The van der Waals surface area contributed by atoms with Crippen LogP contribution in [0.1, 0.15) is 25.8 Å². The number of nitrogens with zero attached hydrogens (tertiary/aromatic N) is 4. The average Bonchev–Trinajstić information content (AvgIpc) is 3.01. The van der Waals surface area contributed by atoms with Crippen LogP contribution in [0.2, 0.25) is 0 Å². The van der Waals surface area contributed by atoms with Gasteiger partial charge >= 0.3 is 5.97 Å². The Balaban J connectivity index is 0.000000776. The number of carboxylic acids is 3. The lowest BCUT2D eigenvalue weighted by atomic mass is 10.1. The van der Waals surface area contributed by atoms with Gasteiger partial charge in [-0.15, -0.1) is 0 Å². The molecule has 0 radical (unpaired) electrons. The summed E-state index contributed by atoms with van der Waals surface area (Å²) in [5.41, 5.74) is 6.71. The first-order chi connectivity index (χ1) is 13.0. The molecule has 1 saturated heterocycles. The molecule has 1 fully saturated rings. The molecular weight excluding hydrogens is 370 g/mol. The van der Waals surface area contributed by atoms with Crippen LogP contribution in [-0.4, -0.2) is 81.3 Å². The standard InChI is InChI=1S/C13H21N5O2.2C2H4O2/c1-17(9-12(19)20)13-15-5-11(6-16-13)8-18-3-2-10(4-14)7-18;2*1-2(3)4/h5-6,10H,2-4,7-9,14H2,1H3,(H,19,20);2*1H3,(H,3,4). The molecule has 0 aromatic carbocycles. The predicted molar refractivity (Wildman–Crippen MR) is 102 cm³/mol. The summed E-state index contributed by atoms with van der Waals surface area (Å²) in [6.45, 7) is 5.70. The summed E-state index contributed by atoms with van der Waals surface area (Å²) in [5, 5.41) is 23.6. The monoisotopic (exact) mass is 399 g/mol. The Morgan fingerprint density at radius 2 is 1.68 bits per heavy atom. The Hall–Kier alpha value is -2.79. The molecule has 28 heavy (non-hydrogen) atoms. The van der Waals surface area contributed by atoms with E-state index in [1.165, 1.54) is 4.90 Å². The second kappa shape index (κ2) is 13.4. The van der Waals surface area contributed by atoms with Crippen molar-refractivity contribution in [1.82, 2.24) is 14.9 Å². The highest BCUT2D eigenvalue weighted by Gasteiger charge is 2.21. The lowest BCUT2D eigenvalue weighted by Gasteiger charge is -2.17. The highest BCUT2D eigenvalue weighted by molar-refractivity contribution is 5.72. The molecule has 1 atom stereocenters. The molecule has 1 aliphatic heterocycles. The summed E-state index contributed by atoms with van der Waals surface area (Å²) in [4.78, 5) is 40.9. The van der Waals surface area contributed by atoms with E-state index in [9.17, 15) is 4.79 Å². The maximum absolute atomic E-state index is 10.6. The summed E-state index contributed by atoms with van der Waals surface area (Å²) < 4.78 is 0. The quantitative estimate of drug-likeness (QED) is 0.506. The number of hydrogen-bond donors (Lipinski definition) is 4. The van der Waals surface area contributed by atoms with E-state index in [2.05, 4.69) is 14.9 Å². The van der Waals surface area contributed by atoms with Crippen molar-refractivity contribution in [3.63, 3.8) is 0 Å². The Kier molecular flexibility index (Phi) is 12.1. The molecule has 0 amide bonds. The Morgan fingerprint density at radius 1 is 1.18 bits per heavy atom. The summed E-state index contributed by atoms with van der Waals surface area (Å²) >= 11 is 0. The molecule has 1 unspecified atom stereocenters. The van der Waals surface area contributed by atoms with Gasteiger partial charge in [0.05, 0.1) is 0 Å². The van der Waals surface area contributed by atoms with Crippen LogP contribution in [0.4, 0.5) is 5.95 Å². The van der Waals surface area contributed by atoms with Crippen LogP contribution >= 0.6 is 0 Å². The molecule has 0 aliphatic carbocycles. The highest BCUT2D eigenvalue weighted by Crippen LogP contribution is 2.17. The third-order valence-electron chi connectivity index (χ3n) is 3.52. The largest absolute Gasteiger partial charge is 0.481 e. The van der Waals surface area contributed by atoms with E-state index in [4.69, 9.17) is 30.6 Å². The molecule has 1 aromatic heterocycles. The van der Waals surface area contributed by atoms with E-state index in [0.717, 1.165) is 52.0 Å². The predicted octanol–water partition coefficient (Wildman–Crippen LogP) is -0.0402. The summed E-state index contributed by atoms with van der Waals surface area (Å²) in [6, 6.07) is 0. The fraction of sp³-hybridized carbons (Fsp3) is 0.588. The van der Waals surface area contributed by atoms with E-state index in [1.807, 2.05) is 0 Å². The number of carboxylic acid groups (broad SMARTS) is 3. The molecule has 2 rings (SSSR count). The van der Waals surface area contributed by atoms with Crippen LogP contribution in [0.25, 0.3) is 0 Å². The number of anilines is 1. The third kappa shape index (κ3) is 12.5. The first-order valence-electron chi connectivity index (χ1n) is 8.60. The molecule has 2 heterocycles. The van der Waals surface area contributed by atoms with Gasteiger partial charge in [0.2, 0.25) is 5.95 Å². The number of hydrogen-bond acceptors (Lipinski definition) is 8. The first kappa shape index (κ1) is 25.2. The first-order valence-corrected chi connectivity index (χ1v) is 8.60. The van der Waals surface area contributed by atoms with Gasteiger partial charge in [-0.05, 0) is 25.4 Å². The van der Waals surface area contributed by atoms with Crippen LogP contribution in [0.15, 0.2) is 12.4 Å². The van der Waals surface area contributed by atoms with Gasteiger partial charge in [-0.1, -0.05) is 0 Å². The average molecular weight is 399 g/mol. The lowest BCUT2D eigenvalue weighted by Crippen LogP contribution is -2.27. The Bertz CT molecular complexity index is 605. The maximum atomic E-state index is 10.6. The molecule has 0 saturated carbocycles. The van der Waals surface area contributed by atoms with Crippen LogP contribution in [0, 0.1) is 5.92 Å². The number of nitrogens with two attached hydrogens (primary N) is 1. The van der Waals surface area contributed by atoms with Crippen LogP contribution in [-0.2, 0) is 20.9 Å².